The topological polar surface area (TPSA) is 50.9 Å². The van der Waals surface area contributed by atoms with Crippen LogP contribution in [-0.4, -0.2) is 18.1 Å². The number of nitrogens with two attached hydrogens (primary N) is 1. The first kappa shape index (κ1) is 10.5. The molecule has 0 unspecified atom stereocenters. The molecule has 0 saturated heterocycles. The van der Waals surface area contributed by atoms with E-state index < -0.39 is 0 Å². The summed E-state index contributed by atoms with van der Waals surface area (Å²) >= 11 is 1.64. The molecular weight excluding hydrogens is 182 g/mol. The van der Waals surface area contributed by atoms with Crippen LogP contribution in [0, 0.1) is 0 Å². The van der Waals surface area contributed by atoms with Crippen molar-refractivity contribution < 1.29 is 0 Å². The van der Waals surface area contributed by atoms with Gasteiger partial charge in [0, 0.05) is 23.9 Å². The van der Waals surface area contributed by atoms with E-state index in [1.54, 1.807) is 11.3 Å². The van der Waals surface area contributed by atoms with E-state index in [0.29, 0.717) is 6.54 Å². The minimum Gasteiger partial charge on any atom is -0.360 e. The van der Waals surface area contributed by atoms with Crippen LogP contribution >= 0.6 is 11.3 Å². The number of thiazole rings is 1. The van der Waals surface area contributed by atoms with E-state index in [9.17, 15) is 0 Å². The van der Waals surface area contributed by atoms with Crippen molar-refractivity contribution in [3.63, 3.8) is 0 Å². The van der Waals surface area contributed by atoms with Gasteiger partial charge in [0.05, 0.1) is 5.69 Å². The molecular formula is C9H17N3S. The zero-order valence-electron chi connectivity index (χ0n) is 8.42. The van der Waals surface area contributed by atoms with Crippen molar-refractivity contribution >= 4 is 16.5 Å². The van der Waals surface area contributed by atoms with Crippen LogP contribution in [0.1, 0.15) is 26.5 Å². The number of hydrogen-bond donors (Lipinski definition) is 2. The third-order valence-electron chi connectivity index (χ3n) is 1.69. The Balaban J connectivity index is 2.64. The van der Waals surface area contributed by atoms with Crippen LogP contribution in [0.25, 0.3) is 0 Å². The first-order valence-electron chi connectivity index (χ1n) is 4.44. The second kappa shape index (κ2) is 4.07. The molecule has 1 heterocycles. The second-order valence-corrected chi connectivity index (χ2v) is 4.86. The van der Waals surface area contributed by atoms with E-state index in [1.165, 1.54) is 0 Å². The molecule has 0 amide bonds. The Morgan fingerprint density at radius 1 is 1.54 bits per heavy atom. The molecule has 0 atom stereocenters. The van der Waals surface area contributed by atoms with Crippen molar-refractivity contribution in [3.05, 3.63) is 11.1 Å². The monoisotopic (exact) mass is 199 g/mol. The Labute approximate surface area is 83.4 Å². The largest absolute Gasteiger partial charge is 0.360 e. The minimum atomic E-state index is 0.138. The maximum absolute atomic E-state index is 5.38. The van der Waals surface area contributed by atoms with Gasteiger partial charge in [0.15, 0.2) is 5.13 Å². The highest BCUT2D eigenvalue weighted by atomic mass is 32.1. The molecule has 0 radical (unpaired) electrons. The predicted octanol–water partition coefficient (Wildman–Crippen LogP) is 1.81. The van der Waals surface area contributed by atoms with Crippen LogP contribution in [0.4, 0.5) is 5.13 Å². The molecule has 1 aromatic rings. The summed E-state index contributed by atoms with van der Waals surface area (Å²) in [7, 11) is 0. The van der Waals surface area contributed by atoms with Gasteiger partial charge in [-0.15, -0.1) is 11.3 Å². The average Bonchev–Trinajstić information content (AvgIpc) is 2.47. The van der Waals surface area contributed by atoms with Crippen molar-refractivity contribution in [3.8, 4) is 0 Å². The molecule has 0 aliphatic heterocycles. The van der Waals surface area contributed by atoms with Crippen LogP contribution in [0.15, 0.2) is 5.38 Å². The Morgan fingerprint density at radius 2 is 2.23 bits per heavy atom. The van der Waals surface area contributed by atoms with E-state index in [-0.39, 0.29) is 5.41 Å². The zero-order valence-corrected chi connectivity index (χ0v) is 9.24. The van der Waals surface area contributed by atoms with Gasteiger partial charge in [0.1, 0.15) is 0 Å². The van der Waals surface area contributed by atoms with E-state index in [0.717, 1.165) is 17.4 Å². The third-order valence-corrected chi connectivity index (χ3v) is 2.49. The van der Waals surface area contributed by atoms with Gasteiger partial charge in [0.2, 0.25) is 0 Å². The van der Waals surface area contributed by atoms with E-state index in [2.05, 4.69) is 36.5 Å². The molecule has 4 heteroatoms. The lowest BCUT2D eigenvalue weighted by atomic mass is 9.93. The van der Waals surface area contributed by atoms with Crippen LogP contribution in [-0.2, 0) is 5.41 Å². The van der Waals surface area contributed by atoms with Gasteiger partial charge < -0.3 is 11.1 Å². The van der Waals surface area contributed by atoms with E-state index in [1.807, 2.05) is 0 Å². The molecule has 0 aliphatic carbocycles. The number of aromatic nitrogens is 1. The summed E-state index contributed by atoms with van der Waals surface area (Å²) in [5, 5.41) is 6.23. The minimum absolute atomic E-state index is 0.138. The Bertz CT molecular complexity index is 262. The average molecular weight is 199 g/mol. The Kier molecular flexibility index (Phi) is 3.27. The van der Waals surface area contributed by atoms with Crippen molar-refractivity contribution in [2.24, 2.45) is 5.73 Å². The molecule has 1 rings (SSSR count). The zero-order chi connectivity index (χ0) is 9.90. The SMILES string of the molecule is CC(C)(C)c1csc(NCCN)n1. The van der Waals surface area contributed by atoms with Crippen LogP contribution in [0.3, 0.4) is 0 Å². The fraction of sp³-hybridized carbons (Fsp3) is 0.667. The van der Waals surface area contributed by atoms with Gasteiger partial charge >= 0.3 is 0 Å². The first-order chi connectivity index (χ1) is 6.04. The molecule has 74 valence electrons. The first-order valence-corrected chi connectivity index (χ1v) is 5.32. The molecule has 1 aromatic heterocycles. The van der Waals surface area contributed by atoms with Gasteiger partial charge in [0.25, 0.3) is 0 Å². The van der Waals surface area contributed by atoms with Crippen molar-refractivity contribution in [1.82, 2.24) is 4.98 Å². The molecule has 0 fully saturated rings. The van der Waals surface area contributed by atoms with Gasteiger partial charge in [-0.1, -0.05) is 20.8 Å². The summed E-state index contributed by atoms with van der Waals surface area (Å²) in [4.78, 5) is 4.47. The number of rotatable bonds is 3. The second-order valence-electron chi connectivity index (χ2n) is 4.00. The standard InChI is InChI=1S/C9H17N3S/c1-9(2,3)7-6-13-8(12-7)11-5-4-10/h6H,4-5,10H2,1-3H3,(H,11,12). The van der Waals surface area contributed by atoms with Crippen molar-refractivity contribution in [2.45, 2.75) is 26.2 Å². The molecule has 0 spiro atoms. The summed E-state index contributed by atoms with van der Waals surface area (Å²) in [5.74, 6) is 0. The number of anilines is 1. The highest BCUT2D eigenvalue weighted by Crippen LogP contribution is 2.25. The van der Waals surface area contributed by atoms with Gasteiger partial charge in [-0.3, -0.25) is 0 Å². The maximum Gasteiger partial charge on any atom is 0.182 e. The highest BCUT2D eigenvalue weighted by molar-refractivity contribution is 7.13. The predicted molar refractivity (Wildman–Crippen MR) is 58.4 cm³/mol. The smallest absolute Gasteiger partial charge is 0.182 e. The summed E-state index contributed by atoms with van der Waals surface area (Å²) in [6.07, 6.45) is 0. The quantitative estimate of drug-likeness (QED) is 0.780. The molecule has 0 bridgehead atoms. The van der Waals surface area contributed by atoms with Gasteiger partial charge in [-0.05, 0) is 0 Å². The summed E-state index contributed by atoms with van der Waals surface area (Å²) in [6.45, 7) is 7.92. The van der Waals surface area contributed by atoms with Gasteiger partial charge in [-0.2, -0.15) is 0 Å². The molecule has 3 N–H and O–H groups in total. The van der Waals surface area contributed by atoms with E-state index in [4.69, 9.17) is 5.73 Å². The Hall–Kier alpha value is -0.610. The fourth-order valence-corrected chi connectivity index (χ4v) is 1.84. The number of nitrogens with zero attached hydrogens (tertiary/aromatic N) is 1. The molecule has 0 aliphatic rings. The van der Waals surface area contributed by atoms with Crippen LogP contribution in [0.2, 0.25) is 0 Å². The summed E-state index contributed by atoms with van der Waals surface area (Å²) in [6, 6.07) is 0. The normalized spacial score (nSPS) is 11.7. The molecule has 0 aromatic carbocycles. The lowest BCUT2D eigenvalue weighted by Crippen LogP contribution is -2.14. The summed E-state index contributed by atoms with van der Waals surface area (Å²) < 4.78 is 0. The van der Waals surface area contributed by atoms with E-state index >= 15 is 0 Å². The lowest BCUT2D eigenvalue weighted by molar-refractivity contribution is 0.573. The molecule has 3 nitrogen and oxygen atoms in total. The lowest BCUT2D eigenvalue weighted by Gasteiger charge is -2.14. The van der Waals surface area contributed by atoms with Crippen LogP contribution in [0.5, 0.6) is 0 Å². The number of nitrogens with one attached hydrogen (secondary N) is 1. The molecule has 0 saturated carbocycles. The molecule has 13 heavy (non-hydrogen) atoms. The highest BCUT2D eigenvalue weighted by Gasteiger charge is 2.16. The fourth-order valence-electron chi connectivity index (χ4n) is 0.879. The maximum atomic E-state index is 5.38. The Morgan fingerprint density at radius 3 is 2.69 bits per heavy atom. The van der Waals surface area contributed by atoms with Crippen LogP contribution < -0.4 is 11.1 Å². The van der Waals surface area contributed by atoms with Crippen molar-refractivity contribution in [1.29, 1.82) is 0 Å². The third kappa shape index (κ3) is 2.97. The van der Waals surface area contributed by atoms with Crippen molar-refractivity contribution in [2.75, 3.05) is 18.4 Å². The van der Waals surface area contributed by atoms with Gasteiger partial charge in [-0.25, -0.2) is 4.98 Å². The number of hydrogen-bond acceptors (Lipinski definition) is 4. The summed E-state index contributed by atoms with van der Waals surface area (Å²) in [5.41, 5.74) is 6.66.